The molecule has 7 nitrogen and oxygen atoms in total. The maximum absolute atomic E-state index is 11.8. The molecule has 124 valence electrons. The van der Waals surface area contributed by atoms with E-state index in [0.29, 0.717) is 30.8 Å². The average molecular weight is 329 g/mol. The van der Waals surface area contributed by atoms with Gasteiger partial charge in [0.2, 0.25) is 10.0 Å². The number of sulfonamides is 1. The summed E-state index contributed by atoms with van der Waals surface area (Å²) < 4.78 is 31.3. The van der Waals surface area contributed by atoms with Gasteiger partial charge in [-0.15, -0.1) is 0 Å². The Morgan fingerprint density at radius 1 is 1.45 bits per heavy atom. The van der Waals surface area contributed by atoms with E-state index in [2.05, 4.69) is 14.7 Å². The molecule has 1 aliphatic rings. The third-order valence-electron chi connectivity index (χ3n) is 3.76. The fourth-order valence-corrected chi connectivity index (χ4v) is 4.03. The first-order valence-corrected chi connectivity index (χ1v) is 9.18. The van der Waals surface area contributed by atoms with Gasteiger partial charge in [-0.3, -0.25) is 4.79 Å². The number of nitrogens with one attached hydrogen (secondary N) is 2. The Balaban J connectivity index is 1.92. The van der Waals surface area contributed by atoms with E-state index in [1.807, 2.05) is 6.92 Å². The smallest absolute Gasteiger partial charge is 0.251 e. The van der Waals surface area contributed by atoms with Gasteiger partial charge < -0.3 is 9.72 Å². The van der Waals surface area contributed by atoms with Crippen LogP contribution in [-0.2, 0) is 21.4 Å². The standard InChI is InChI=1S/C14H23N3O4S/c1-3-4-5-22(19,20)17-11-6-10(7-11)12-8-14(18)16-13(15-12)9-21-2/h8,10-11,17H,3-7,9H2,1-2H3,(H,15,16,18). The zero-order chi connectivity index (χ0) is 16.2. The zero-order valence-electron chi connectivity index (χ0n) is 13.0. The highest BCUT2D eigenvalue weighted by Gasteiger charge is 2.34. The fourth-order valence-electron chi connectivity index (χ4n) is 2.55. The van der Waals surface area contributed by atoms with Crippen LogP contribution in [-0.4, -0.2) is 37.3 Å². The molecule has 1 aliphatic carbocycles. The van der Waals surface area contributed by atoms with Crippen LogP contribution in [0, 0.1) is 0 Å². The molecule has 22 heavy (non-hydrogen) atoms. The number of hydrogen-bond acceptors (Lipinski definition) is 5. The van der Waals surface area contributed by atoms with Crippen LogP contribution in [0.15, 0.2) is 10.9 Å². The van der Waals surface area contributed by atoms with E-state index in [1.165, 1.54) is 13.2 Å². The second-order valence-electron chi connectivity index (χ2n) is 5.71. The largest absolute Gasteiger partial charge is 0.377 e. The van der Waals surface area contributed by atoms with Gasteiger partial charge in [0.15, 0.2) is 0 Å². The van der Waals surface area contributed by atoms with E-state index in [1.54, 1.807) is 0 Å². The minimum atomic E-state index is -3.19. The second kappa shape index (κ2) is 7.34. The number of hydrogen-bond donors (Lipinski definition) is 2. The lowest BCUT2D eigenvalue weighted by Crippen LogP contribution is -2.44. The maximum Gasteiger partial charge on any atom is 0.251 e. The van der Waals surface area contributed by atoms with E-state index in [4.69, 9.17) is 4.74 Å². The number of rotatable bonds is 8. The molecule has 1 saturated carbocycles. The number of nitrogens with zero attached hydrogens (tertiary/aromatic N) is 1. The lowest BCUT2D eigenvalue weighted by molar-refractivity contribution is 0.176. The lowest BCUT2D eigenvalue weighted by Gasteiger charge is -2.35. The summed E-state index contributed by atoms with van der Waals surface area (Å²) in [6.45, 7) is 2.22. The molecule has 0 radical (unpaired) electrons. The normalized spacial score (nSPS) is 21.5. The van der Waals surface area contributed by atoms with Crippen LogP contribution >= 0.6 is 0 Å². The van der Waals surface area contributed by atoms with Crippen molar-refractivity contribution in [1.29, 1.82) is 0 Å². The molecule has 1 fully saturated rings. The molecule has 0 spiro atoms. The highest BCUT2D eigenvalue weighted by molar-refractivity contribution is 7.89. The van der Waals surface area contributed by atoms with Crippen LogP contribution in [0.4, 0.5) is 0 Å². The van der Waals surface area contributed by atoms with E-state index >= 15 is 0 Å². The summed E-state index contributed by atoms with van der Waals surface area (Å²) in [5.41, 5.74) is 0.504. The molecule has 0 atom stereocenters. The molecule has 1 aromatic heterocycles. The fraction of sp³-hybridized carbons (Fsp3) is 0.714. The van der Waals surface area contributed by atoms with Crippen LogP contribution in [0.25, 0.3) is 0 Å². The van der Waals surface area contributed by atoms with Crippen LogP contribution in [0.5, 0.6) is 0 Å². The number of aromatic amines is 1. The number of unbranched alkanes of at least 4 members (excludes halogenated alkanes) is 1. The van der Waals surface area contributed by atoms with Crippen LogP contribution in [0.1, 0.15) is 50.0 Å². The Labute approximate surface area is 130 Å². The van der Waals surface area contributed by atoms with Crippen LogP contribution in [0.2, 0.25) is 0 Å². The highest BCUT2D eigenvalue weighted by Crippen LogP contribution is 2.35. The Morgan fingerprint density at radius 2 is 2.18 bits per heavy atom. The Hall–Kier alpha value is -1.25. The van der Waals surface area contributed by atoms with Crippen LogP contribution in [0.3, 0.4) is 0 Å². The number of aromatic nitrogens is 2. The summed E-state index contributed by atoms with van der Waals surface area (Å²) in [6.07, 6.45) is 2.87. The Kier molecular flexibility index (Phi) is 5.71. The average Bonchev–Trinajstić information content (AvgIpc) is 2.40. The lowest BCUT2D eigenvalue weighted by atomic mass is 9.78. The quantitative estimate of drug-likeness (QED) is 0.737. The Bertz CT molecular complexity index is 650. The summed E-state index contributed by atoms with van der Waals surface area (Å²) in [6, 6.07) is 1.42. The zero-order valence-corrected chi connectivity index (χ0v) is 13.8. The van der Waals surface area contributed by atoms with Crippen LogP contribution < -0.4 is 10.3 Å². The molecule has 2 rings (SSSR count). The molecular weight excluding hydrogens is 306 g/mol. The third kappa shape index (κ3) is 4.62. The van der Waals surface area contributed by atoms with Gasteiger partial charge in [-0.1, -0.05) is 13.3 Å². The first-order chi connectivity index (χ1) is 10.4. The van der Waals surface area contributed by atoms with Crippen molar-refractivity contribution in [3.8, 4) is 0 Å². The summed E-state index contributed by atoms with van der Waals surface area (Å²) >= 11 is 0. The third-order valence-corrected chi connectivity index (χ3v) is 5.28. The molecule has 0 saturated heterocycles. The maximum atomic E-state index is 11.8. The van der Waals surface area contributed by atoms with Crippen molar-refractivity contribution < 1.29 is 13.2 Å². The van der Waals surface area contributed by atoms with E-state index in [0.717, 1.165) is 6.42 Å². The summed E-state index contributed by atoms with van der Waals surface area (Å²) in [4.78, 5) is 18.6. The summed E-state index contributed by atoms with van der Waals surface area (Å²) in [5, 5.41) is 0. The molecule has 0 aliphatic heterocycles. The molecule has 8 heteroatoms. The molecular formula is C14H23N3O4S. The van der Waals surface area contributed by atoms with Crippen molar-refractivity contribution in [2.24, 2.45) is 0 Å². The molecule has 2 N–H and O–H groups in total. The second-order valence-corrected chi connectivity index (χ2v) is 7.58. The van der Waals surface area contributed by atoms with E-state index in [9.17, 15) is 13.2 Å². The number of H-pyrrole nitrogens is 1. The van der Waals surface area contributed by atoms with Gasteiger partial charge in [0, 0.05) is 25.1 Å². The van der Waals surface area contributed by atoms with Gasteiger partial charge in [-0.05, 0) is 19.3 Å². The summed E-state index contributed by atoms with van der Waals surface area (Å²) in [5.74, 6) is 0.792. The predicted octanol–water partition coefficient (Wildman–Crippen LogP) is 0.882. The van der Waals surface area contributed by atoms with Crippen molar-refractivity contribution >= 4 is 10.0 Å². The molecule has 0 aromatic carbocycles. The molecule has 1 heterocycles. The van der Waals surface area contributed by atoms with Gasteiger partial charge in [0.05, 0.1) is 11.4 Å². The number of methoxy groups -OCH3 is 1. The first kappa shape index (κ1) is 17.1. The Morgan fingerprint density at radius 3 is 2.82 bits per heavy atom. The van der Waals surface area contributed by atoms with Crippen molar-refractivity contribution in [3.63, 3.8) is 0 Å². The van der Waals surface area contributed by atoms with E-state index in [-0.39, 0.29) is 29.9 Å². The van der Waals surface area contributed by atoms with Crippen molar-refractivity contribution in [2.75, 3.05) is 12.9 Å². The van der Waals surface area contributed by atoms with E-state index < -0.39 is 10.0 Å². The minimum Gasteiger partial charge on any atom is -0.377 e. The van der Waals surface area contributed by atoms with Crippen molar-refractivity contribution in [3.05, 3.63) is 27.9 Å². The predicted molar refractivity (Wildman–Crippen MR) is 83.2 cm³/mol. The van der Waals surface area contributed by atoms with Gasteiger partial charge in [-0.2, -0.15) is 0 Å². The SMILES string of the molecule is CCCCS(=O)(=O)NC1CC(c2cc(=O)[nH]c(COC)n2)C1. The van der Waals surface area contributed by atoms with Crippen molar-refractivity contribution in [2.45, 2.75) is 51.2 Å². The molecule has 0 unspecified atom stereocenters. The first-order valence-electron chi connectivity index (χ1n) is 7.52. The monoisotopic (exact) mass is 329 g/mol. The van der Waals surface area contributed by atoms with Gasteiger partial charge in [0.25, 0.3) is 5.56 Å². The van der Waals surface area contributed by atoms with Crippen molar-refractivity contribution in [1.82, 2.24) is 14.7 Å². The topological polar surface area (TPSA) is 101 Å². The molecule has 0 amide bonds. The highest BCUT2D eigenvalue weighted by atomic mass is 32.2. The van der Waals surface area contributed by atoms with Gasteiger partial charge >= 0.3 is 0 Å². The molecule has 1 aromatic rings. The summed E-state index contributed by atoms with van der Waals surface area (Å²) in [7, 11) is -1.65. The molecule has 0 bridgehead atoms. The van der Waals surface area contributed by atoms with Gasteiger partial charge in [0.1, 0.15) is 12.4 Å². The number of ether oxygens (including phenoxy) is 1. The van der Waals surface area contributed by atoms with Gasteiger partial charge in [-0.25, -0.2) is 18.1 Å². The minimum absolute atomic E-state index is 0.0566.